The first kappa shape index (κ1) is 23.2. The lowest BCUT2D eigenvalue weighted by Crippen LogP contribution is -2.30. The fraction of sp³-hybridized carbons (Fsp3) is 0.200. The van der Waals surface area contributed by atoms with Crippen LogP contribution in [0.3, 0.4) is 0 Å². The van der Waals surface area contributed by atoms with Gasteiger partial charge >= 0.3 is 0 Å². The summed E-state index contributed by atoms with van der Waals surface area (Å²) in [5, 5.41) is 5.46. The molecule has 170 valence electrons. The molecule has 2 aromatic carbocycles. The Labute approximate surface area is 197 Å². The lowest BCUT2D eigenvalue weighted by Gasteiger charge is -2.14. The highest BCUT2D eigenvalue weighted by Crippen LogP contribution is 2.22. The Bertz CT molecular complexity index is 1630. The summed E-state index contributed by atoms with van der Waals surface area (Å²) < 4.78 is 36.7. The highest BCUT2D eigenvalue weighted by Gasteiger charge is 2.19. The summed E-state index contributed by atoms with van der Waals surface area (Å²) in [4.78, 5) is -0.0851. The number of nitrogens with zero attached hydrogens (tertiary/aromatic N) is 3. The first-order valence-corrected chi connectivity index (χ1v) is 12.2. The third-order valence-electron chi connectivity index (χ3n) is 5.69. The number of aryl methyl sites for hydroxylation is 5. The highest BCUT2D eigenvalue weighted by atomic mass is 35.5. The van der Waals surface area contributed by atoms with Crippen molar-refractivity contribution in [3.63, 3.8) is 0 Å². The van der Waals surface area contributed by atoms with E-state index in [0.717, 1.165) is 38.3 Å². The molecular weight excluding hydrogens is 458 g/mol. The van der Waals surface area contributed by atoms with Gasteiger partial charge in [0, 0.05) is 28.5 Å². The molecule has 0 unspecified atom stereocenters. The predicted molar refractivity (Wildman–Crippen MR) is 129 cm³/mol. The van der Waals surface area contributed by atoms with Crippen LogP contribution in [0.1, 0.15) is 27.9 Å². The van der Waals surface area contributed by atoms with Gasteiger partial charge in [-0.2, -0.15) is 0 Å². The van der Waals surface area contributed by atoms with E-state index in [1.165, 1.54) is 5.56 Å². The molecule has 0 spiro atoms. The molecule has 0 aliphatic heterocycles. The molecule has 8 heteroatoms. The van der Waals surface area contributed by atoms with Crippen molar-refractivity contribution in [3.05, 3.63) is 87.7 Å². The minimum absolute atomic E-state index is 0.0851. The predicted octanol–water partition coefficient (Wildman–Crippen LogP) is 5.01. The van der Waals surface area contributed by atoms with Crippen molar-refractivity contribution < 1.29 is 17.5 Å². The van der Waals surface area contributed by atoms with Gasteiger partial charge < -0.3 is 8.95 Å². The lowest BCUT2D eigenvalue weighted by molar-refractivity contribution is -0.553. The molecule has 0 aliphatic rings. The van der Waals surface area contributed by atoms with Crippen LogP contribution < -0.4 is 4.52 Å². The van der Waals surface area contributed by atoms with Crippen LogP contribution in [0.2, 0.25) is 5.02 Å². The first-order valence-electron chi connectivity index (χ1n) is 10.4. The summed E-state index contributed by atoms with van der Waals surface area (Å²) in [5.41, 5.74) is 8.59. The number of rotatable bonds is 1. The van der Waals surface area contributed by atoms with Crippen molar-refractivity contribution in [2.45, 2.75) is 39.5 Å². The number of hydrogen-bond acceptors (Lipinski definition) is 4. The molecule has 0 N–H and O–H groups in total. The summed E-state index contributed by atoms with van der Waals surface area (Å²) in [6, 6.07) is 15.6. The molecule has 6 nitrogen and oxygen atoms in total. The van der Waals surface area contributed by atoms with E-state index in [2.05, 4.69) is 29.7 Å². The van der Waals surface area contributed by atoms with E-state index < -0.39 is 10.1 Å². The largest absolute Gasteiger partial charge is 0.744 e. The van der Waals surface area contributed by atoms with E-state index in [-0.39, 0.29) is 4.90 Å². The van der Waals surface area contributed by atoms with Crippen LogP contribution in [-0.4, -0.2) is 22.5 Å². The maximum atomic E-state index is 10.8. The second-order valence-corrected chi connectivity index (χ2v) is 10.0. The van der Waals surface area contributed by atoms with Gasteiger partial charge in [-0.15, -0.1) is 0 Å². The van der Waals surface area contributed by atoms with Crippen molar-refractivity contribution >= 4 is 43.8 Å². The Morgan fingerprint density at radius 1 is 0.879 bits per heavy atom. The van der Waals surface area contributed by atoms with Gasteiger partial charge in [0.05, 0.1) is 4.90 Å². The quantitative estimate of drug-likeness (QED) is 0.191. The van der Waals surface area contributed by atoms with Gasteiger partial charge in [-0.05, 0) is 80.1 Å². The molecule has 0 fully saturated rings. The van der Waals surface area contributed by atoms with Crippen LogP contribution in [0.15, 0.2) is 59.6 Å². The molecule has 0 saturated heterocycles. The standard InChI is InChI=1S/C16H13ClN3.C9H12O3S/c1-10-8-16-13-4-3-7-19(13)15-9-12(17)5-6-14(15)20(16)18-11(10)2;1-6-4-7(2)9(8(3)5-6)13(10,11)12/h3-9H,1-2H3;4-5H,1-3H3,(H,10,11,12)/q+1;/p-1. The molecule has 5 rings (SSSR count). The van der Waals surface area contributed by atoms with Crippen molar-refractivity contribution in [3.8, 4) is 0 Å². The lowest BCUT2D eigenvalue weighted by atomic mass is 10.1. The molecule has 0 saturated carbocycles. The number of halogens is 1. The Hall–Kier alpha value is -3.00. The van der Waals surface area contributed by atoms with Crippen molar-refractivity contribution in [2.75, 3.05) is 0 Å². The van der Waals surface area contributed by atoms with Gasteiger partial charge in [-0.1, -0.05) is 29.3 Å². The van der Waals surface area contributed by atoms with Gasteiger partial charge in [-0.3, -0.25) is 0 Å². The van der Waals surface area contributed by atoms with Gasteiger partial charge in [0.15, 0.2) is 0 Å². The van der Waals surface area contributed by atoms with Gasteiger partial charge in [-0.25, -0.2) is 8.42 Å². The van der Waals surface area contributed by atoms with Crippen LogP contribution >= 0.6 is 11.6 Å². The van der Waals surface area contributed by atoms with Gasteiger partial charge in [0.2, 0.25) is 0 Å². The fourth-order valence-electron chi connectivity index (χ4n) is 4.25. The van der Waals surface area contributed by atoms with Crippen molar-refractivity contribution in [1.82, 2.24) is 9.50 Å². The zero-order chi connectivity index (χ0) is 24.1. The molecule has 3 heterocycles. The summed E-state index contributed by atoms with van der Waals surface area (Å²) in [7, 11) is -4.33. The zero-order valence-electron chi connectivity index (χ0n) is 19.0. The maximum absolute atomic E-state index is 10.8. The fourth-order valence-corrected chi connectivity index (χ4v) is 5.32. The first-order chi connectivity index (χ1) is 15.5. The topological polar surface area (TPSA) is 78.6 Å². The van der Waals surface area contributed by atoms with E-state index in [1.54, 1.807) is 26.0 Å². The van der Waals surface area contributed by atoms with E-state index in [0.29, 0.717) is 11.1 Å². The van der Waals surface area contributed by atoms with E-state index in [1.807, 2.05) is 42.6 Å². The maximum Gasteiger partial charge on any atom is 0.262 e. The van der Waals surface area contributed by atoms with Crippen molar-refractivity contribution in [1.29, 1.82) is 0 Å². The SMILES string of the molecule is Cc1cc(C)c(S(=O)(=O)[O-])c(C)c1.Cc1cc2c3cccn3c3cc(Cl)ccc3[n+]2nc1C. The van der Waals surface area contributed by atoms with E-state index in [9.17, 15) is 13.0 Å². The molecule has 5 aromatic rings. The Morgan fingerprint density at radius 3 is 2.18 bits per heavy atom. The summed E-state index contributed by atoms with van der Waals surface area (Å²) in [6.07, 6.45) is 2.06. The number of hydrogen-bond donors (Lipinski definition) is 0. The second kappa shape index (κ2) is 8.41. The number of fused-ring (bicyclic) bond motifs is 6. The average Bonchev–Trinajstić information content (AvgIpc) is 3.18. The van der Waals surface area contributed by atoms with Gasteiger partial charge in [0.25, 0.3) is 11.0 Å². The Balaban J connectivity index is 0.000000174. The van der Waals surface area contributed by atoms with Crippen molar-refractivity contribution in [2.24, 2.45) is 0 Å². The minimum Gasteiger partial charge on any atom is -0.744 e. The monoisotopic (exact) mass is 481 g/mol. The van der Waals surface area contributed by atoms with Crippen LogP contribution in [-0.2, 0) is 10.1 Å². The highest BCUT2D eigenvalue weighted by molar-refractivity contribution is 7.85. The summed E-state index contributed by atoms with van der Waals surface area (Å²) in [5.74, 6) is 0. The minimum atomic E-state index is -4.33. The molecule has 0 bridgehead atoms. The Kier molecular flexibility index (Phi) is 5.90. The molecule has 0 amide bonds. The summed E-state index contributed by atoms with van der Waals surface area (Å²) in [6.45, 7) is 9.25. The smallest absolute Gasteiger partial charge is 0.262 e. The third-order valence-corrected chi connectivity index (χ3v) is 7.07. The van der Waals surface area contributed by atoms with Crippen LogP contribution in [0, 0.1) is 34.6 Å². The van der Waals surface area contributed by atoms with Crippen LogP contribution in [0.4, 0.5) is 0 Å². The molecule has 3 aromatic heterocycles. The molecule has 0 atom stereocenters. The number of benzene rings is 2. The van der Waals surface area contributed by atoms with Crippen LogP contribution in [0.5, 0.6) is 0 Å². The normalized spacial score (nSPS) is 11.7. The molecule has 0 aliphatic carbocycles. The summed E-state index contributed by atoms with van der Waals surface area (Å²) >= 11 is 6.15. The zero-order valence-corrected chi connectivity index (χ0v) is 20.6. The molecular formula is C25H24ClN3O3S. The molecule has 33 heavy (non-hydrogen) atoms. The second-order valence-electron chi connectivity index (χ2n) is 8.29. The number of aromatic nitrogens is 3. The van der Waals surface area contributed by atoms with Gasteiger partial charge in [0.1, 0.15) is 26.8 Å². The van der Waals surface area contributed by atoms with Crippen LogP contribution in [0.25, 0.3) is 22.1 Å². The Morgan fingerprint density at radius 2 is 1.55 bits per heavy atom. The average molecular weight is 482 g/mol. The van der Waals surface area contributed by atoms with E-state index in [4.69, 9.17) is 16.7 Å². The third kappa shape index (κ3) is 4.31. The molecule has 0 radical (unpaired) electrons. The van der Waals surface area contributed by atoms with E-state index >= 15 is 0 Å².